The molecular weight excluding hydrogens is 284 g/mol. The molecule has 0 unspecified atom stereocenters. The van der Waals surface area contributed by atoms with Gasteiger partial charge < -0.3 is 9.47 Å². The number of amides is 1. The molecule has 0 spiro atoms. The lowest BCUT2D eigenvalue weighted by Gasteiger charge is -2.25. The van der Waals surface area contributed by atoms with Crippen LogP contribution in [0.5, 0.6) is 5.75 Å². The van der Waals surface area contributed by atoms with Crippen molar-refractivity contribution >= 4 is 12.1 Å². The van der Waals surface area contributed by atoms with Crippen LogP contribution in [-0.2, 0) is 9.53 Å². The molecule has 7 heteroatoms. The number of ether oxygens (including phenoxy) is 2. The van der Waals surface area contributed by atoms with Crippen LogP contribution in [0.4, 0.5) is 0 Å². The highest BCUT2D eigenvalue weighted by atomic mass is 16.5. The second-order valence-corrected chi connectivity index (χ2v) is 4.70. The SMILES string of the molecule is N#CCOc1ccc(C=NNC(=O)CN2CCOCC2)cc1. The van der Waals surface area contributed by atoms with Crippen LogP contribution in [-0.4, -0.2) is 56.5 Å². The van der Waals surface area contributed by atoms with Crippen LogP contribution in [0.3, 0.4) is 0 Å². The van der Waals surface area contributed by atoms with Crippen molar-refractivity contribution in [1.82, 2.24) is 10.3 Å². The van der Waals surface area contributed by atoms with Crippen molar-refractivity contribution in [3.8, 4) is 11.8 Å². The van der Waals surface area contributed by atoms with Gasteiger partial charge in [0.05, 0.1) is 26.0 Å². The molecule has 2 rings (SSSR count). The summed E-state index contributed by atoms with van der Waals surface area (Å²) >= 11 is 0. The van der Waals surface area contributed by atoms with Crippen molar-refractivity contribution in [1.29, 1.82) is 5.26 Å². The predicted molar refractivity (Wildman–Crippen MR) is 80.5 cm³/mol. The molecule has 1 saturated heterocycles. The van der Waals surface area contributed by atoms with Crippen LogP contribution in [0.25, 0.3) is 0 Å². The van der Waals surface area contributed by atoms with Gasteiger partial charge in [0, 0.05) is 13.1 Å². The molecule has 0 atom stereocenters. The van der Waals surface area contributed by atoms with E-state index in [4.69, 9.17) is 14.7 Å². The van der Waals surface area contributed by atoms with Crippen molar-refractivity contribution in [3.63, 3.8) is 0 Å². The summed E-state index contributed by atoms with van der Waals surface area (Å²) < 4.78 is 10.4. The molecule has 0 aromatic heterocycles. The molecule has 0 bridgehead atoms. The van der Waals surface area contributed by atoms with E-state index in [1.807, 2.05) is 11.0 Å². The Morgan fingerprint density at radius 2 is 2.14 bits per heavy atom. The first-order valence-electron chi connectivity index (χ1n) is 7.00. The van der Waals surface area contributed by atoms with E-state index in [-0.39, 0.29) is 12.5 Å². The first kappa shape index (κ1) is 15.9. The van der Waals surface area contributed by atoms with E-state index >= 15 is 0 Å². The average molecular weight is 302 g/mol. The van der Waals surface area contributed by atoms with Gasteiger partial charge >= 0.3 is 0 Å². The molecule has 1 amide bonds. The predicted octanol–water partition coefficient (Wildman–Crippen LogP) is 0.371. The van der Waals surface area contributed by atoms with Gasteiger partial charge in [-0.25, -0.2) is 5.43 Å². The molecule has 7 nitrogen and oxygen atoms in total. The summed E-state index contributed by atoms with van der Waals surface area (Å²) in [5.41, 5.74) is 3.33. The average Bonchev–Trinajstić information content (AvgIpc) is 2.55. The second-order valence-electron chi connectivity index (χ2n) is 4.70. The third-order valence-corrected chi connectivity index (χ3v) is 3.06. The van der Waals surface area contributed by atoms with E-state index in [1.165, 1.54) is 0 Å². The van der Waals surface area contributed by atoms with E-state index in [1.54, 1.807) is 30.5 Å². The highest BCUT2D eigenvalue weighted by molar-refractivity contribution is 5.83. The fourth-order valence-electron chi connectivity index (χ4n) is 1.94. The largest absolute Gasteiger partial charge is 0.479 e. The lowest BCUT2D eigenvalue weighted by atomic mass is 10.2. The Labute approximate surface area is 129 Å². The van der Waals surface area contributed by atoms with E-state index in [9.17, 15) is 4.79 Å². The number of nitrogens with zero attached hydrogens (tertiary/aromatic N) is 3. The molecule has 1 N–H and O–H groups in total. The Kier molecular flexibility index (Phi) is 6.36. The van der Waals surface area contributed by atoms with Gasteiger partial charge in [0.15, 0.2) is 6.61 Å². The maximum absolute atomic E-state index is 11.7. The number of hydrogen-bond acceptors (Lipinski definition) is 6. The van der Waals surface area contributed by atoms with Crippen molar-refractivity contribution in [2.75, 3.05) is 39.5 Å². The first-order chi connectivity index (χ1) is 10.8. The Balaban J connectivity index is 1.74. The Bertz CT molecular complexity index is 545. The Morgan fingerprint density at radius 3 is 2.82 bits per heavy atom. The number of nitrogens with one attached hydrogen (secondary N) is 1. The zero-order valence-corrected chi connectivity index (χ0v) is 12.2. The monoisotopic (exact) mass is 302 g/mol. The van der Waals surface area contributed by atoms with Crippen LogP contribution < -0.4 is 10.2 Å². The van der Waals surface area contributed by atoms with Gasteiger partial charge in [-0.3, -0.25) is 9.69 Å². The van der Waals surface area contributed by atoms with E-state index in [0.717, 1.165) is 18.7 Å². The van der Waals surface area contributed by atoms with Gasteiger partial charge in [0.1, 0.15) is 11.8 Å². The normalized spacial score (nSPS) is 15.4. The van der Waals surface area contributed by atoms with Crippen LogP contribution >= 0.6 is 0 Å². The fraction of sp³-hybridized carbons (Fsp3) is 0.400. The lowest BCUT2D eigenvalue weighted by Crippen LogP contribution is -2.42. The molecule has 22 heavy (non-hydrogen) atoms. The number of morpholine rings is 1. The summed E-state index contributed by atoms with van der Waals surface area (Å²) in [6.45, 7) is 3.20. The molecule has 0 saturated carbocycles. The highest BCUT2D eigenvalue weighted by Gasteiger charge is 2.13. The Hall–Kier alpha value is -2.43. The maximum atomic E-state index is 11.7. The van der Waals surface area contributed by atoms with Gasteiger partial charge in [0.2, 0.25) is 0 Å². The third kappa shape index (κ3) is 5.52. The summed E-state index contributed by atoms with van der Waals surface area (Å²) in [6, 6.07) is 8.98. The summed E-state index contributed by atoms with van der Waals surface area (Å²) in [7, 11) is 0. The minimum atomic E-state index is -0.146. The summed E-state index contributed by atoms with van der Waals surface area (Å²) in [5, 5.41) is 12.3. The van der Waals surface area contributed by atoms with E-state index < -0.39 is 0 Å². The fourth-order valence-corrected chi connectivity index (χ4v) is 1.94. The number of rotatable bonds is 6. The molecule has 0 radical (unpaired) electrons. The van der Waals surface area contributed by atoms with Gasteiger partial charge in [0.25, 0.3) is 5.91 Å². The second kappa shape index (κ2) is 8.77. The van der Waals surface area contributed by atoms with Crippen molar-refractivity contribution in [2.45, 2.75) is 0 Å². The van der Waals surface area contributed by atoms with E-state index in [0.29, 0.717) is 25.5 Å². The highest BCUT2D eigenvalue weighted by Crippen LogP contribution is 2.10. The molecule has 1 aromatic rings. The molecule has 116 valence electrons. The minimum absolute atomic E-state index is 0.0189. The molecule has 1 aliphatic rings. The Morgan fingerprint density at radius 1 is 1.41 bits per heavy atom. The number of nitriles is 1. The van der Waals surface area contributed by atoms with E-state index in [2.05, 4.69) is 10.5 Å². The van der Waals surface area contributed by atoms with Gasteiger partial charge in [-0.2, -0.15) is 10.4 Å². The van der Waals surface area contributed by atoms with Crippen molar-refractivity contribution < 1.29 is 14.3 Å². The number of carbonyl (C=O) groups excluding carboxylic acids is 1. The molecule has 1 aromatic carbocycles. The first-order valence-corrected chi connectivity index (χ1v) is 7.00. The number of hydrazone groups is 1. The molecule has 1 fully saturated rings. The third-order valence-electron chi connectivity index (χ3n) is 3.06. The van der Waals surface area contributed by atoms with Crippen LogP contribution in [0, 0.1) is 11.3 Å². The summed E-state index contributed by atoms with van der Waals surface area (Å²) in [5.74, 6) is 0.474. The van der Waals surface area contributed by atoms with Gasteiger partial charge in [-0.05, 0) is 29.8 Å². The zero-order valence-electron chi connectivity index (χ0n) is 12.2. The van der Waals surface area contributed by atoms with Gasteiger partial charge in [-0.15, -0.1) is 0 Å². The smallest absolute Gasteiger partial charge is 0.254 e. The maximum Gasteiger partial charge on any atom is 0.254 e. The van der Waals surface area contributed by atoms with Crippen LogP contribution in [0.2, 0.25) is 0 Å². The quantitative estimate of drug-likeness (QED) is 0.606. The number of benzene rings is 1. The standard InChI is InChI=1S/C15H18N4O3/c16-5-8-22-14-3-1-13(2-4-14)11-17-18-15(20)12-19-6-9-21-10-7-19/h1-4,11H,6-10,12H2,(H,18,20). The van der Waals surface area contributed by atoms with Crippen LogP contribution in [0.15, 0.2) is 29.4 Å². The van der Waals surface area contributed by atoms with Gasteiger partial charge in [-0.1, -0.05) is 0 Å². The minimum Gasteiger partial charge on any atom is -0.479 e. The topological polar surface area (TPSA) is 86.9 Å². The molecule has 1 heterocycles. The van der Waals surface area contributed by atoms with Crippen molar-refractivity contribution in [2.24, 2.45) is 5.10 Å². The molecule has 0 aliphatic carbocycles. The molecular formula is C15H18N4O3. The zero-order chi connectivity index (χ0) is 15.6. The number of carbonyl (C=O) groups is 1. The molecule has 1 aliphatic heterocycles. The summed E-state index contributed by atoms with van der Waals surface area (Å²) in [6.07, 6.45) is 1.56. The van der Waals surface area contributed by atoms with Crippen LogP contribution in [0.1, 0.15) is 5.56 Å². The van der Waals surface area contributed by atoms with Crippen molar-refractivity contribution in [3.05, 3.63) is 29.8 Å². The lowest BCUT2D eigenvalue weighted by molar-refractivity contribution is -0.123. The summed E-state index contributed by atoms with van der Waals surface area (Å²) in [4.78, 5) is 13.7. The number of hydrogen-bond donors (Lipinski definition) is 1.